The molecule has 0 saturated heterocycles. The molecule has 0 aliphatic rings. The molecule has 0 aliphatic heterocycles. The summed E-state index contributed by atoms with van der Waals surface area (Å²) >= 11 is 3.42. The normalized spacial score (nSPS) is 11.0. The highest BCUT2D eigenvalue weighted by molar-refractivity contribution is 9.10. The molecule has 3 nitrogen and oxygen atoms in total. The summed E-state index contributed by atoms with van der Waals surface area (Å²) in [6, 6.07) is 18.8. The van der Waals surface area contributed by atoms with Crippen LogP contribution in [0.3, 0.4) is 0 Å². The molecule has 106 valence electrons. The van der Waals surface area contributed by atoms with Gasteiger partial charge in [0.1, 0.15) is 0 Å². The quantitative estimate of drug-likeness (QED) is 0.519. The zero-order valence-corrected chi connectivity index (χ0v) is 13.2. The van der Waals surface area contributed by atoms with Crippen molar-refractivity contribution in [2.75, 3.05) is 0 Å². The number of fused-ring (bicyclic) bond motifs is 1. The minimum Gasteiger partial charge on any atom is -0.289 e. The summed E-state index contributed by atoms with van der Waals surface area (Å²) in [7, 11) is 0. The van der Waals surface area contributed by atoms with E-state index in [9.17, 15) is 0 Å². The molecule has 22 heavy (non-hydrogen) atoms. The molecule has 0 unspecified atom stereocenters. The van der Waals surface area contributed by atoms with Crippen molar-refractivity contribution >= 4 is 21.7 Å². The monoisotopic (exact) mass is 349 g/mol. The Hall–Kier alpha value is -2.46. The number of aromatic nitrogens is 3. The average molecular weight is 350 g/mol. The van der Waals surface area contributed by atoms with Crippen LogP contribution in [0.1, 0.15) is 0 Å². The Morgan fingerprint density at radius 1 is 0.773 bits per heavy atom. The third-order valence-electron chi connectivity index (χ3n) is 3.57. The summed E-state index contributed by atoms with van der Waals surface area (Å²) < 4.78 is 2.85. The Bertz CT molecular complexity index is 928. The molecule has 2 aromatic carbocycles. The Balaban J connectivity index is 1.73. The Labute approximate surface area is 136 Å². The van der Waals surface area contributed by atoms with E-state index in [0.29, 0.717) is 5.78 Å². The molecular formula is C18H12BrN3. The van der Waals surface area contributed by atoms with Gasteiger partial charge in [0.05, 0.1) is 10.2 Å². The summed E-state index contributed by atoms with van der Waals surface area (Å²) in [4.78, 5) is 8.85. The second-order valence-electron chi connectivity index (χ2n) is 5.05. The zero-order valence-electron chi connectivity index (χ0n) is 11.6. The predicted octanol–water partition coefficient (Wildman–Crippen LogP) is 4.83. The van der Waals surface area contributed by atoms with E-state index in [0.717, 1.165) is 15.7 Å². The van der Waals surface area contributed by atoms with Crippen LogP contribution in [0.2, 0.25) is 0 Å². The molecule has 0 N–H and O–H groups in total. The molecule has 0 bridgehead atoms. The molecule has 4 aromatic rings. The van der Waals surface area contributed by atoms with E-state index in [-0.39, 0.29) is 0 Å². The predicted molar refractivity (Wildman–Crippen MR) is 91.6 cm³/mol. The minimum absolute atomic E-state index is 0.699. The van der Waals surface area contributed by atoms with Crippen molar-refractivity contribution in [1.82, 2.24) is 14.4 Å². The van der Waals surface area contributed by atoms with Crippen LogP contribution >= 0.6 is 15.9 Å². The maximum Gasteiger partial charge on any atom is 0.234 e. The van der Waals surface area contributed by atoms with Gasteiger partial charge in [0.15, 0.2) is 0 Å². The molecule has 0 amide bonds. The van der Waals surface area contributed by atoms with Crippen molar-refractivity contribution in [2.24, 2.45) is 0 Å². The summed E-state index contributed by atoms with van der Waals surface area (Å²) in [5.41, 5.74) is 4.43. The van der Waals surface area contributed by atoms with Gasteiger partial charge >= 0.3 is 0 Å². The van der Waals surface area contributed by atoms with E-state index in [1.54, 1.807) is 6.20 Å². The van der Waals surface area contributed by atoms with Gasteiger partial charge in [-0.05, 0) is 27.1 Å². The van der Waals surface area contributed by atoms with Crippen LogP contribution in [-0.2, 0) is 0 Å². The first kappa shape index (κ1) is 13.2. The van der Waals surface area contributed by atoms with Crippen molar-refractivity contribution < 1.29 is 0 Å². The zero-order chi connectivity index (χ0) is 14.9. The number of hydrogen-bond donors (Lipinski definition) is 0. The largest absolute Gasteiger partial charge is 0.289 e. The van der Waals surface area contributed by atoms with E-state index in [1.807, 2.05) is 22.9 Å². The lowest BCUT2D eigenvalue weighted by molar-refractivity contribution is 1.10. The van der Waals surface area contributed by atoms with E-state index in [4.69, 9.17) is 0 Å². The molecule has 2 aromatic heterocycles. The van der Waals surface area contributed by atoms with Crippen molar-refractivity contribution in [3.63, 3.8) is 0 Å². The summed E-state index contributed by atoms with van der Waals surface area (Å²) in [6.07, 6.45) is 5.70. The summed E-state index contributed by atoms with van der Waals surface area (Å²) in [5, 5.41) is 0. The summed E-state index contributed by atoms with van der Waals surface area (Å²) in [6.45, 7) is 0. The topological polar surface area (TPSA) is 30.2 Å². The SMILES string of the molecule is Brc1cnc2nc(-c3ccc(-c4ccccc4)cc3)cn2c1. The second-order valence-corrected chi connectivity index (χ2v) is 5.96. The van der Waals surface area contributed by atoms with Gasteiger partial charge in [-0.25, -0.2) is 9.97 Å². The van der Waals surface area contributed by atoms with Crippen molar-refractivity contribution in [2.45, 2.75) is 0 Å². The fraction of sp³-hybridized carbons (Fsp3) is 0. The molecule has 0 saturated carbocycles. The smallest absolute Gasteiger partial charge is 0.234 e. The van der Waals surface area contributed by atoms with E-state index >= 15 is 0 Å². The minimum atomic E-state index is 0.699. The third-order valence-corrected chi connectivity index (χ3v) is 3.98. The first-order valence-electron chi connectivity index (χ1n) is 6.96. The van der Waals surface area contributed by atoms with Gasteiger partial charge < -0.3 is 0 Å². The first-order valence-corrected chi connectivity index (χ1v) is 7.75. The summed E-state index contributed by atoms with van der Waals surface area (Å²) in [5.74, 6) is 0.699. The number of imidazole rings is 1. The van der Waals surface area contributed by atoms with Gasteiger partial charge in [0.25, 0.3) is 0 Å². The highest BCUT2D eigenvalue weighted by Gasteiger charge is 2.06. The van der Waals surface area contributed by atoms with Crippen LogP contribution in [-0.4, -0.2) is 14.4 Å². The van der Waals surface area contributed by atoms with E-state index in [2.05, 4.69) is 74.4 Å². The van der Waals surface area contributed by atoms with Crippen molar-refractivity contribution in [3.8, 4) is 22.4 Å². The maximum absolute atomic E-state index is 4.56. The molecular weight excluding hydrogens is 338 g/mol. The van der Waals surface area contributed by atoms with E-state index < -0.39 is 0 Å². The lowest BCUT2D eigenvalue weighted by Gasteiger charge is -2.02. The van der Waals surface area contributed by atoms with Gasteiger partial charge in [0.2, 0.25) is 5.78 Å². The van der Waals surface area contributed by atoms with Crippen molar-refractivity contribution in [3.05, 3.63) is 77.7 Å². The molecule has 0 spiro atoms. The van der Waals surface area contributed by atoms with Crippen LogP contribution in [0.4, 0.5) is 0 Å². The highest BCUT2D eigenvalue weighted by Crippen LogP contribution is 2.24. The van der Waals surface area contributed by atoms with Gasteiger partial charge in [0, 0.05) is 24.2 Å². The first-order chi connectivity index (χ1) is 10.8. The third kappa shape index (κ3) is 2.42. The molecule has 0 fully saturated rings. The highest BCUT2D eigenvalue weighted by atomic mass is 79.9. The van der Waals surface area contributed by atoms with Gasteiger partial charge in [-0.15, -0.1) is 0 Å². The Morgan fingerprint density at radius 3 is 2.23 bits per heavy atom. The van der Waals surface area contributed by atoms with Crippen LogP contribution in [0.25, 0.3) is 28.2 Å². The Morgan fingerprint density at radius 2 is 1.45 bits per heavy atom. The number of nitrogens with zero attached hydrogens (tertiary/aromatic N) is 3. The lowest BCUT2D eigenvalue weighted by atomic mass is 10.0. The van der Waals surface area contributed by atoms with Crippen LogP contribution < -0.4 is 0 Å². The number of benzene rings is 2. The van der Waals surface area contributed by atoms with Crippen LogP contribution in [0.15, 0.2) is 77.7 Å². The van der Waals surface area contributed by atoms with Gasteiger partial charge in [-0.3, -0.25) is 4.40 Å². The second kappa shape index (κ2) is 5.39. The molecule has 0 radical (unpaired) electrons. The van der Waals surface area contributed by atoms with E-state index in [1.165, 1.54) is 11.1 Å². The van der Waals surface area contributed by atoms with Crippen LogP contribution in [0, 0.1) is 0 Å². The number of rotatable bonds is 2. The molecule has 0 atom stereocenters. The molecule has 0 aliphatic carbocycles. The number of halogens is 1. The molecule has 4 rings (SSSR count). The standard InChI is InChI=1S/C18H12BrN3/c19-16-10-20-18-21-17(12-22(18)11-16)15-8-6-14(7-9-15)13-4-2-1-3-5-13/h1-12H. The lowest BCUT2D eigenvalue weighted by Crippen LogP contribution is -1.85. The van der Waals surface area contributed by atoms with Crippen LogP contribution in [0.5, 0.6) is 0 Å². The fourth-order valence-electron chi connectivity index (χ4n) is 2.46. The number of hydrogen-bond acceptors (Lipinski definition) is 2. The molecule has 2 heterocycles. The van der Waals surface area contributed by atoms with Gasteiger partial charge in [-0.2, -0.15) is 0 Å². The maximum atomic E-state index is 4.56. The Kier molecular flexibility index (Phi) is 3.24. The van der Waals surface area contributed by atoms with Gasteiger partial charge in [-0.1, -0.05) is 54.6 Å². The van der Waals surface area contributed by atoms with Crippen molar-refractivity contribution in [1.29, 1.82) is 0 Å². The fourth-order valence-corrected chi connectivity index (χ4v) is 2.79. The molecule has 4 heteroatoms. The average Bonchev–Trinajstić information content (AvgIpc) is 2.99.